The molecule has 0 aromatic carbocycles. The van der Waals surface area contributed by atoms with Gasteiger partial charge in [0.25, 0.3) is 0 Å². The van der Waals surface area contributed by atoms with Crippen LogP contribution in [0, 0.1) is 12.3 Å². The van der Waals surface area contributed by atoms with Crippen LogP contribution < -0.4 is 5.32 Å². The van der Waals surface area contributed by atoms with Gasteiger partial charge < -0.3 is 5.32 Å². The summed E-state index contributed by atoms with van der Waals surface area (Å²) >= 11 is 0. The Morgan fingerprint density at radius 2 is 2.38 bits per heavy atom. The average Bonchev–Trinajstić information content (AvgIpc) is 1.83. The van der Waals surface area contributed by atoms with Gasteiger partial charge in [-0.1, -0.05) is 19.3 Å². The molecule has 1 N–H and O–H groups in total. The SMILES string of the molecule is C#CC(CCC)NC. The van der Waals surface area contributed by atoms with Gasteiger partial charge in [0.15, 0.2) is 0 Å². The van der Waals surface area contributed by atoms with Crippen LogP contribution in [0.3, 0.4) is 0 Å². The summed E-state index contributed by atoms with van der Waals surface area (Å²) in [5, 5.41) is 3.02. The summed E-state index contributed by atoms with van der Waals surface area (Å²) < 4.78 is 0. The molecule has 1 unspecified atom stereocenters. The molecule has 0 spiro atoms. The highest BCUT2D eigenvalue weighted by molar-refractivity contribution is 4.97. The second-order valence-electron chi connectivity index (χ2n) is 1.80. The molecular weight excluding hydrogens is 98.1 g/mol. The molecule has 0 radical (unpaired) electrons. The van der Waals surface area contributed by atoms with Gasteiger partial charge in [-0.3, -0.25) is 0 Å². The highest BCUT2D eigenvalue weighted by Gasteiger charge is 1.95. The number of terminal acetylenes is 1. The Morgan fingerprint density at radius 1 is 1.75 bits per heavy atom. The Hall–Kier alpha value is -0.480. The molecule has 0 aliphatic carbocycles. The van der Waals surface area contributed by atoms with Crippen molar-refractivity contribution in [1.29, 1.82) is 0 Å². The lowest BCUT2D eigenvalue weighted by Gasteiger charge is -2.04. The first kappa shape index (κ1) is 7.52. The summed E-state index contributed by atoms with van der Waals surface area (Å²) in [6, 6.07) is 0.278. The van der Waals surface area contributed by atoms with Crippen molar-refractivity contribution < 1.29 is 0 Å². The predicted molar refractivity (Wildman–Crippen MR) is 36.6 cm³/mol. The molecule has 0 heterocycles. The maximum atomic E-state index is 5.16. The zero-order valence-electron chi connectivity index (χ0n) is 5.57. The molecule has 0 bridgehead atoms. The lowest BCUT2D eigenvalue weighted by Crippen LogP contribution is -2.22. The maximum absolute atomic E-state index is 5.16. The Balaban J connectivity index is 3.26. The zero-order valence-corrected chi connectivity index (χ0v) is 5.57. The molecule has 0 aliphatic heterocycles. The maximum Gasteiger partial charge on any atom is 0.0684 e. The quantitative estimate of drug-likeness (QED) is 0.536. The second kappa shape index (κ2) is 4.67. The number of hydrogen-bond acceptors (Lipinski definition) is 1. The lowest BCUT2D eigenvalue weighted by molar-refractivity contribution is 0.620. The minimum atomic E-state index is 0.278. The van der Waals surface area contributed by atoms with E-state index in [2.05, 4.69) is 18.2 Å². The molecule has 1 atom stereocenters. The van der Waals surface area contributed by atoms with Crippen molar-refractivity contribution in [2.45, 2.75) is 25.8 Å². The first-order valence-electron chi connectivity index (χ1n) is 2.98. The van der Waals surface area contributed by atoms with Crippen molar-refractivity contribution in [3.63, 3.8) is 0 Å². The molecule has 1 heteroatoms. The van der Waals surface area contributed by atoms with E-state index in [4.69, 9.17) is 6.42 Å². The third-order valence-electron chi connectivity index (χ3n) is 1.13. The van der Waals surface area contributed by atoms with Crippen LogP contribution in [-0.2, 0) is 0 Å². The van der Waals surface area contributed by atoms with Crippen LogP contribution in [-0.4, -0.2) is 13.1 Å². The average molecular weight is 111 g/mol. The summed E-state index contributed by atoms with van der Waals surface area (Å²) in [5.41, 5.74) is 0. The third kappa shape index (κ3) is 2.65. The van der Waals surface area contributed by atoms with Crippen LogP contribution in [0.5, 0.6) is 0 Å². The van der Waals surface area contributed by atoms with Crippen LogP contribution in [0.25, 0.3) is 0 Å². The van der Waals surface area contributed by atoms with E-state index in [1.807, 2.05) is 7.05 Å². The van der Waals surface area contributed by atoms with Gasteiger partial charge in [-0.25, -0.2) is 0 Å². The first-order valence-corrected chi connectivity index (χ1v) is 2.98. The van der Waals surface area contributed by atoms with E-state index in [1.54, 1.807) is 0 Å². The molecule has 1 nitrogen and oxygen atoms in total. The van der Waals surface area contributed by atoms with Gasteiger partial charge in [0.2, 0.25) is 0 Å². The van der Waals surface area contributed by atoms with Gasteiger partial charge in [-0.2, -0.15) is 0 Å². The van der Waals surface area contributed by atoms with Crippen molar-refractivity contribution in [3.05, 3.63) is 0 Å². The Bertz CT molecular complexity index is 80.9. The summed E-state index contributed by atoms with van der Waals surface area (Å²) in [6.45, 7) is 2.13. The lowest BCUT2D eigenvalue weighted by atomic mass is 10.2. The predicted octanol–water partition coefficient (Wildman–Crippen LogP) is 1.01. The Labute approximate surface area is 51.5 Å². The van der Waals surface area contributed by atoms with Crippen LogP contribution >= 0.6 is 0 Å². The fourth-order valence-electron chi connectivity index (χ4n) is 0.600. The summed E-state index contributed by atoms with van der Waals surface area (Å²) in [5.74, 6) is 2.64. The van der Waals surface area contributed by atoms with E-state index in [0.29, 0.717) is 0 Å². The van der Waals surface area contributed by atoms with Gasteiger partial charge in [0, 0.05) is 0 Å². The smallest absolute Gasteiger partial charge is 0.0684 e. The van der Waals surface area contributed by atoms with Crippen molar-refractivity contribution in [3.8, 4) is 12.3 Å². The molecule has 0 amide bonds. The van der Waals surface area contributed by atoms with E-state index in [1.165, 1.54) is 0 Å². The highest BCUT2D eigenvalue weighted by Crippen LogP contribution is 1.91. The van der Waals surface area contributed by atoms with E-state index >= 15 is 0 Å². The topological polar surface area (TPSA) is 12.0 Å². The van der Waals surface area contributed by atoms with Crippen molar-refractivity contribution >= 4 is 0 Å². The van der Waals surface area contributed by atoms with Gasteiger partial charge in [0.1, 0.15) is 0 Å². The van der Waals surface area contributed by atoms with Gasteiger partial charge in [-0.05, 0) is 13.5 Å². The van der Waals surface area contributed by atoms with Crippen LogP contribution in [0.2, 0.25) is 0 Å². The second-order valence-corrected chi connectivity index (χ2v) is 1.80. The fourth-order valence-corrected chi connectivity index (χ4v) is 0.600. The Morgan fingerprint density at radius 3 is 2.50 bits per heavy atom. The molecule has 0 rings (SSSR count). The number of rotatable bonds is 3. The largest absolute Gasteiger partial charge is 0.307 e. The van der Waals surface area contributed by atoms with Gasteiger partial charge >= 0.3 is 0 Å². The molecule has 0 aromatic heterocycles. The summed E-state index contributed by atoms with van der Waals surface area (Å²) in [7, 11) is 1.89. The van der Waals surface area contributed by atoms with Crippen molar-refractivity contribution in [1.82, 2.24) is 5.32 Å². The molecule has 0 fully saturated rings. The minimum Gasteiger partial charge on any atom is -0.307 e. The molecule has 0 aromatic rings. The summed E-state index contributed by atoms with van der Waals surface area (Å²) in [6.07, 6.45) is 7.38. The third-order valence-corrected chi connectivity index (χ3v) is 1.13. The van der Waals surface area contributed by atoms with E-state index in [9.17, 15) is 0 Å². The van der Waals surface area contributed by atoms with Gasteiger partial charge in [0.05, 0.1) is 6.04 Å². The van der Waals surface area contributed by atoms with Crippen LogP contribution in [0.15, 0.2) is 0 Å². The highest BCUT2D eigenvalue weighted by atomic mass is 14.8. The fraction of sp³-hybridized carbons (Fsp3) is 0.714. The molecule has 0 saturated heterocycles. The molecule has 8 heavy (non-hydrogen) atoms. The first-order chi connectivity index (χ1) is 3.85. The standard InChI is InChI=1S/C7H13N/c1-4-6-7(5-2)8-3/h2,7-8H,4,6H2,1,3H3. The zero-order chi connectivity index (χ0) is 6.41. The van der Waals surface area contributed by atoms with Crippen molar-refractivity contribution in [2.75, 3.05) is 7.05 Å². The number of hydrogen-bond donors (Lipinski definition) is 1. The van der Waals surface area contributed by atoms with E-state index < -0.39 is 0 Å². The van der Waals surface area contributed by atoms with Crippen LogP contribution in [0.1, 0.15) is 19.8 Å². The molecular formula is C7H13N. The van der Waals surface area contributed by atoms with Crippen LogP contribution in [0.4, 0.5) is 0 Å². The van der Waals surface area contributed by atoms with Gasteiger partial charge in [-0.15, -0.1) is 6.42 Å². The number of nitrogens with one attached hydrogen (secondary N) is 1. The van der Waals surface area contributed by atoms with E-state index in [0.717, 1.165) is 12.8 Å². The van der Waals surface area contributed by atoms with Crippen molar-refractivity contribution in [2.24, 2.45) is 0 Å². The molecule has 0 saturated carbocycles. The monoisotopic (exact) mass is 111 g/mol. The summed E-state index contributed by atoms with van der Waals surface area (Å²) in [4.78, 5) is 0. The normalized spacial score (nSPS) is 12.6. The minimum absolute atomic E-state index is 0.278. The van der Waals surface area contributed by atoms with E-state index in [-0.39, 0.29) is 6.04 Å². The molecule has 46 valence electrons. The Kier molecular flexibility index (Phi) is 4.39. The molecule has 0 aliphatic rings.